The van der Waals surface area contributed by atoms with E-state index >= 15 is 0 Å². The highest BCUT2D eigenvalue weighted by molar-refractivity contribution is 7.80. The van der Waals surface area contributed by atoms with E-state index in [9.17, 15) is 89.3 Å². The second kappa shape index (κ2) is 21.4. The Morgan fingerprint density at radius 1 is 0.500 bits per heavy atom. The number of ether oxygens (including phenoxy) is 9. The maximum Gasteiger partial charge on any atom is 0.397 e. The van der Waals surface area contributed by atoms with Crippen molar-refractivity contribution in [1.29, 1.82) is 0 Å². The first-order valence-corrected chi connectivity index (χ1v) is 20.5. The molecule has 30 heteroatoms. The van der Waals surface area contributed by atoms with Crippen LogP contribution >= 0.6 is 0 Å². The molecule has 25 atom stereocenters. The van der Waals surface area contributed by atoms with Gasteiger partial charge >= 0.3 is 10.4 Å². The van der Waals surface area contributed by atoms with E-state index in [0.717, 1.165) is 6.92 Å². The molecule has 5 saturated heterocycles. The molecule has 0 unspecified atom stereocenters. The third kappa shape index (κ3) is 11.2. The fourth-order valence-corrected chi connectivity index (χ4v) is 8.12. The lowest BCUT2D eigenvalue weighted by atomic mass is 9.93. The molecule has 0 aliphatic carbocycles. The van der Waals surface area contributed by atoms with Crippen LogP contribution in [0.4, 0.5) is 0 Å². The minimum Gasteiger partial charge on any atom is -0.394 e. The zero-order valence-electron chi connectivity index (χ0n) is 32.7. The summed E-state index contributed by atoms with van der Waals surface area (Å²) in [4.78, 5) is 12.8. The lowest BCUT2D eigenvalue weighted by Gasteiger charge is -2.51. The minimum atomic E-state index is -5.41. The van der Waals surface area contributed by atoms with Gasteiger partial charge in [-0.2, -0.15) is 8.42 Å². The van der Waals surface area contributed by atoms with E-state index in [1.807, 2.05) is 0 Å². The van der Waals surface area contributed by atoms with Crippen molar-refractivity contribution in [3.8, 4) is 0 Å². The number of rotatable bonds is 15. The van der Waals surface area contributed by atoms with Crippen LogP contribution in [-0.4, -0.2) is 270 Å². The quantitative estimate of drug-likeness (QED) is 0.0678. The molecule has 5 aliphatic heterocycles. The summed E-state index contributed by atoms with van der Waals surface area (Å²) in [5.74, 6) is -0.903. The Hall–Kier alpha value is -1.58. The summed E-state index contributed by atoms with van der Waals surface area (Å²) in [6.45, 7) is -1.85. The maximum absolute atomic E-state index is 12.8. The number of carbonyl (C=O) groups is 1. The molecule has 362 valence electrons. The van der Waals surface area contributed by atoms with Gasteiger partial charge in [0.2, 0.25) is 5.91 Å². The van der Waals surface area contributed by atoms with Crippen LogP contribution in [0.5, 0.6) is 0 Å². The molecule has 0 radical (unpaired) electrons. The first kappa shape index (κ1) is 51.4. The minimum absolute atomic E-state index is 0.903. The first-order valence-electron chi connectivity index (χ1n) is 19.1. The van der Waals surface area contributed by atoms with Crippen molar-refractivity contribution in [2.45, 2.75) is 167 Å². The standard InChI is InChI=1S/C32H55NO28S/c1-7-14(39)17(42)20(45)30(52-7)59-25-13(33-8(2)38)29(56-12(6-37)24(25)58-32-22(47)27(61-62(49,50)51)16(41)10(4-35)55-32)60-26-15(40)9(3-34)54-31(21(26)46)57-23-11(5-36)53-28(48)19(44)18(23)43/h7,9-32,34-37,39-48H,3-6H2,1-2H3,(H,33,38)(H,49,50,51)/t7-,9+,10+,11+,12+,13+,14+,15-,16-,17+,18+,19+,20-,21+,22+,23+,24+,25+,26-,27-,28+,29-,30-,31-,32-/m0/s1. The number of amides is 1. The number of carbonyl (C=O) groups excluding carboxylic acids is 1. The molecule has 29 nitrogen and oxygen atoms in total. The smallest absolute Gasteiger partial charge is 0.394 e. The molecule has 5 fully saturated rings. The Bertz CT molecular complexity index is 1550. The Kier molecular flexibility index (Phi) is 17.7. The molecule has 0 spiro atoms. The van der Waals surface area contributed by atoms with Crippen molar-refractivity contribution in [2.75, 3.05) is 26.4 Å². The van der Waals surface area contributed by atoms with Crippen LogP contribution in [0.1, 0.15) is 13.8 Å². The molecule has 5 rings (SSSR count). The molecule has 5 heterocycles. The monoisotopic (exact) mass is 933 g/mol. The molecule has 0 bridgehead atoms. The van der Waals surface area contributed by atoms with E-state index in [-0.39, 0.29) is 0 Å². The van der Waals surface area contributed by atoms with Crippen LogP contribution < -0.4 is 5.32 Å². The summed E-state index contributed by atoms with van der Waals surface area (Å²) < 4.78 is 88.2. The van der Waals surface area contributed by atoms with Crippen molar-refractivity contribution in [3.05, 3.63) is 0 Å². The Morgan fingerprint density at radius 2 is 0.952 bits per heavy atom. The summed E-state index contributed by atoms with van der Waals surface area (Å²) in [6.07, 6.45) is -46.6. The van der Waals surface area contributed by atoms with E-state index in [2.05, 4.69) is 9.50 Å². The van der Waals surface area contributed by atoms with Gasteiger partial charge in [0.05, 0.1) is 32.5 Å². The summed E-state index contributed by atoms with van der Waals surface area (Å²) in [5.41, 5.74) is 0. The predicted octanol–water partition coefficient (Wildman–Crippen LogP) is -10.9. The van der Waals surface area contributed by atoms with Gasteiger partial charge in [-0.3, -0.25) is 9.35 Å². The summed E-state index contributed by atoms with van der Waals surface area (Å²) >= 11 is 0. The highest BCUT2D eigenvalue weighted by atomic mass is 32.3. The maximum atomic E-state index is 12.8. The largest absolute Gasteiger partial charge is 0.397 e. The van der Waals surface area contributed by atoms with Gasteiger partial charge in [0.15, 0.2) is 31.5 Å². The first-order chi connectivity index (χ1) is 29.1. The van der Waals surface area contributed by atoms with Crippen molar-refractivity contribution in [3.63, 3.8) is 0 Å². The second-order valence-electron chi connectivity index (χ2n) is 15.2. The average Bonchev–Trinajstić information content (AvgIpc) is 3.21. The number of nitrogens with one attached hydrogen (secondary N) is 1. The van der Waals surface area contributed by atoms with Gasteiger partial charge in [0.25, 0.3) is 0 Å². The van der Waals surface area contributed by atoms with Crippen molar-refractivity contribution in [1.82, 2.24) is 5.32 Å². The van der Waals surface area contributed by atoms with E-state index in [1.54, 1.807) is 0 Å². The average molecular weight is 934 g/mol. The molecule has 0 aromatic rings. The van der Waals surface area contributed by atoms with Crippen LogP contribution in [0.25, 0.3) is 0 Å². The Labute approximate surface area is 351 Å². The molecule has 1 amide bonds. The van der Waals surface area contributed by atoms with Gasteiger partial charge in [-0.05, 0) is 6.92 Å². The normalized spacial score (nSPS) is 49.3. The summed E-state index contributed by atoms with van der Waals surface area (Å²) in [7, 11) is -5.41. The third-order valence-corrected chi connectivity index (χ3v) is 11.4. The molecule has 0 aromatic heterocycles. The molecular weight excluding hydrogens is 878 g/mol. The Balaban J connectivity index is 1.52. The topological polar surface area (TPSA) is 459 Å². The third-order valence-electron chi connectivity index (χ3n) is 10.9. The van der Waals surface area contributed by atoms with E-state index in [0.29, 0.717) is 0 Å². The molecule has 5 aliphatic rings. The lowest BCUT2D eigenvalue weighted by molar-refractivity contribution is -0.390. The number of aliphatic hydroxyl groups excluding tert-OH is 14. The number of aliphatic hydroxyl groups is 14. The second-order valence-corrected chi connectivity index (χ2v) is 16.2. The van der Waals surface area contributed by atoms with Gasteiger partial charge in [0, 0.05) is 6.92 Å². The van der Waals surface area contributed by atoms with Crippen LogP contribution in [0, 0.1) is 0 Å². The molecule has 62 heavy (non-hydrogen) atoms. The highest BCUT2D eigenvalue weighted by Crippen LogP contribution is 2.37. The van der Waals surface area contributed by atoms with Gasteiger partial charge in [-0.1, -0.05) is 0 Å². The van der Waals surface area contributed by atoms with Crippen molar-refractivity contribution < 1.29 is 136 Å². The van der Waals surface area contributed by atoms with Crippen LogP contribution in [0.15, 0.2) is 0 Å². The van der Waals surface area contributed by atoms with Crippen LogP contribution in [0.2, 0.25) is 0 Å². The number of hydrogen-bond acceptors (Lipinski definition) is 27. The molecule has 0 saturated carbocycles. The van der Waals surface area contributed by atoms with E-state index in [1.165, 1.54) is 6.92 Å². The summed E-state index contributed by atoms with van der Waals surface area (Å²) in [5, 5.41) is 150. The molecular formula is C32H55NO28S. The Morgan fingerprint density at radius 3 is 1.48 bits per heavy atom. The predicted molar refractivity (Wildman–Crippen MR) is 187 cm³/mol. The van der Waals surface area contributed by atoms with E-state index in [4.69, 9.17) is 42.6 Å². The number of hydrogen-bond donors (Lipinski definition) is 16. The summed E-state index contributed by atoms with van der Waals surface area (Å²) in [6, 6.07) is -1.85. The highest BCUT2D eigenvalue weighted by Gasteiger charge is 2.58. The SMILES string of the molecule is CC(=O)N[C@H]1[C@H](O[C@H]2[C@@H](O)[C@@H](CO)O[C@@H](O[C@H]3[C@H](O)[C@@H](O)[C@H](O)O[C@@H]3CO)[C@@H]2O)O[C@H](CO)[C@@H](O[C@@H]2O[C@H](CO)[C@H](O)[C@H](OS(=O)(=O)O)[C@H]2O)[C@@H]1O[C@@H]1O[C@@H](C)[C@@H](O)[C@@H](O)[C@@H]1O. The van der Waals surface area contributed by atoms with Gasteiger partial charge in [-0.25, -0.2) is 4.18 Å². The van der Waals surface area contributed by atoms with Gasteiger partial charge in [0.1, 0.15) is 116 Å². The van der Waals surface area contributed by atoms with Crippen LogP contribution in [-0.2, 0) is 62.0 Å². The van der Waals surface area contributed by atoms with E-state index < -0.39 is 196 Å². The van der Waals surface area contributed by atoms with Gasteiger partial charge < -0.3 is 119 Å². The fraction of sp³-hybridized carbons (Fsp3) is 0.969. The fourth-order valence-electron chi connectivity index (χ4n) is 7.61. The lowest BCUT2D eigenvalue weighted by Crippen LogP contribution is -2.71. The molecule has 0 aromatic carbocycles. The van der Waals surface area contributed by atoms with Gasteiger partial charge in [-0.15, -0.1) is 0 Å². The zero-order valence-corrected chi connectivity index (χ0v) is 33.5. The van der Waals surface area contributed by atoms with Crippen molar-refractivity contribution in [2.24, 2.45) is 0 Å². The molecule has 16 N–H and O–H groups in total. The van der Waals surface area contributed by atoms with Crippen molar-refractivity contribution >= 4 is 16.3 Å². The zero-order chi connectivity index (χ0) is 46.1. The van der Waals surface area contributed by atoms with Crippen LogP contribution in [0.3, 0.4) is 0 Å².